The van der Waals surface area contributed by atoms with E-state index < -0.39 is 0 Å². The number of pyridine rings is 2. The molecule has 7 nitrogen and oxygen atoms in total. The number of rotatable bonds is 6. The quantitative estimate of drug-likeness (QED) is 0.608. The zero-order chi connectivity index (χ0) is 22.8. The lowest BCUT2D eigenvalue weighted by Gasteiger charge is -2.29. The normalized spacial score (nSPS) is 15.1. The van der Waals surface area contributed by atoms with E-state index in [9.17, 15) is 4.79 Å². The van der Waals surface area contributed by atoms with Gasteiger partial charge in [-0.1, -0.05) is 12.1 Å². The third-order valence-electron chi connectivity index (χ3n) is 6.57. The molecule has 33 heavy (non-hydrogen) atoms. The number of methoxy groups -OCH3 is 1. The highest BCUT2D eigenvalue weighted by Gasteiger charge is 2.23. The van der Waals surface area contributed by atoms with Crippen molar-refractivity contribution >= 4 is 11.7 Å². The van der Waals surface area contributed by atoms with Crippen molar-refractivity contribution in [3.63, 3.8) is 0 Å². The molecule has 0 unspecified atom stereocenters. The molecule has 0 radical (unpaired) electrons. The van der Waals surface area contributed by atoms with Gasteiger partial charge in [0, 0.05) is 43.5 Å². The topological polar surface area (TPSA) is 93.4 Å². The largest absolute Gasteiger partial charge is 0.496 e. The van der Waals surface area contributed by atoms with Crippen LogP contribution >= 0.6 is 0 Å². The lowest BCUT2D eigenvalue weighted by molar-refractivity contribution is 0.0950. The van der Waals surface area contributed by atoms with Crippen molar-refractivity contribution in [3.8, 4) is 5.75 Å². The number of aromatic nitrogens is 2. The van der Waals surface area contributed by atoms with Crippen LogP contribution in [0.2, 0.25) is 0 Å². The first-order chi connectivity index (χ1) is 16.1. The molecule has 2 aliphatic rings. The number of benzene rings is 1. The van der Waals surface area contributed by atoms with Gasteiger partial charge in [-0.25, -0.2) is 4.98 Å². The van der Waals surface area contributed by atoms with Crippen molar-refractivity contribution in [1.29, 1.82) is 0 Å². The molecule has 1 aromatic carbocycles. The molecule has 170 valence electrons. The van der Waals surface area contributed by atoms with Crippen LogP contribution < -0.4 is 15.8 Å². The van der Waals surface area contributed by atoms with E-state index in [1.165, 1.54) is 23.1 Å². The minimum absolute atomic E-state index is 0.231. The van der Waals surface area contributed by atoms with Gasteiger partial charge in [-0.05, 0) is 60.2 Å². The highest BCUT2D eigenvalue weighted by atomic mass is 16.5. The van der Waals surface area contributed by atoms with Crippen molar-refractivity contribution in [1.82, 2.24) is 20.2 Å². The first-order valence-electron chi connectivity index (χ1n) is 11.5. The van der Waals surface area contributed by atoms with Crippen LogP contribution in [0.1, 0.15) is 50.4 Å². The number of carbonyl (C=O) groups is 1. The van der Waals surface area contributed by atoms with E-state index in [0.29, 0.717) is 12.1 Å². The summed E-state index contributed by atoms with van der Waals surface area (Å²) in [5, 5.41) is 2.90. The number of aryl methyl sites for hydroxylation is 2. The fraction of sp³-hybridized carbons (Fsp3) is 0.346. The summed E-state index contributed by atoms with van der Waals surface area (Å²) in [7, 11) is 1.74. The molecule has 7 heteroatoms. The first kappa shape index (κ1) is 21.4. The van der Waals surface area contributed by atoms with Gasteiger partial charge in [0.2, 0.25) is 0 Å². The number of fused-ring (bicyclic) bond motifs is 2. The number of amides is 1. The molecular formula is C26H29N5O2. The standard InChI is InChI=1S/C26H29N5O2/c1-33-24-13-18-6-4-5-17(18)11-20(24)16-31-10-8-23-19(15-31)12-22(25(27)30-23)26(32)29-14-21-7-2-3-9-28-21/h2-3,7,9,11-13H,4-6,8,10,14-16H2,1H3,(H2,27,30)(H,29,32). The summed E-state index contributed by atoms with van der Waals surface area (Å²) in [5.74, 6) is 1.01. The van der Waals surface area contributed by atoms with Crippen LogP contribution in [-0.4, -0.2) is 34.4 Å². The minimum atomic E-state index is -0.231. The second kappa shape index (κ2) is 9.19. The van der Waals surface area contributed by atoms with Crippen molar-refractivity contribution in [2.24, 2.45) is 0 Å². The molecule has 1 amide bonds. The zero-order valence-corrected chi connectivity index (χ0v) is 18.9. The Kier molecular flexibility index (Phi) is 5.96. The van der Waals surface area contributed by atoms with Gasteiger partial charge in [-0.2, -0.15) is 0 Å². The third-order valence-corrected chi connectivity index (χ3v) is 6.57. The van der Waals surface area contributed by atoms with Gasteiger partial charge >= 0.3 is 0 Å². The molecule has 0 saturated carbocycles. The Morgan fingerprint density at radius 1 is 1.15 bits per heavy atom. The Morgan fingerprint density at radius 3 is 2.79 bits per heavy atom. The Morgan fingerprint density at radius 2 is 2.00 bits per heavy atom. The molecule has 1 aliphatic carbocycles. The van der Waals surface area contributed by atoms with Crippen molar-refractivity contribution in [2.75, 3.05) is 19.4 Å². The predicted molar refractivity (Wildman–Crippen MR) is 127 cm³/mol. The van der Waals surface area contributed by atoms with E-state index in [1.54, 1.807) is 13.3 Å². The van der Waals surface area contributed by atoms with Gasteiger partial charge in [-0.15, -0.1) is 0 Å². The lowest BCUT2D eigenvalue weighted by atomic mass is 10.0. The highest BCUT2D eigenvalue weighted by molar-refractivity contribution is 5.98. The maximum Gasteiger partial charge on any atom is 0.255 e. The molecule has 0 atom stereocenters. The zero-order valence-electron chi connectivity index (χ0n) is 18.9. The number of anilines is 1. The van der Waals surface area contributed by atoms with Gasteiger partial charge in [0.15, 0.2) is 0 Å². The van der Waals surface area contributed by atoms with Gasteiger partial charge < -0.3 is 15.8 Å². The van der Waals surface area contributed by atoms with E-state index >= 15 is 0 Å². The van der Waals surface area contributed by atoms with Crippen LogP contribution in [0.5, 0.6) is 5.75 Å². The smallest absolute Gasteiger partial charge is 0.255 e. The number of ether oxygens (including phenoxy) is 1. The predicted octanol–water partition coefficient (Wildman–Crippen LogP) is 3.04. The summed E-state index contributed by atoms with van der Waals surface area (Å²) in [4.78, 5) is 24.0. The Labute approximate surface area is 194 Å². The summed E-state index contributed by atoms with van der Waals surface area (Å²) in [5.41, 5.74) is 13.5. The average molecular weight is 444 g/mol. The van der Waals surface area contributed by atoms with Crippen LogP contribution in [0.15, 0.2) is 42.6 Å². The Hall–Kier alpha value is -3.45. The van der Waals surface area contributed by atoms with E-state index in [1.807, 2.05) is 24.3 Å². The monoisotopic (exact) mass is 443 g/mol. The lowest BCUT2D eigenvalue weighted by Crippen LogP contribution is -2.32. The Balaban J connectivity index is 1.31. The Bertz CT molecular complexity index is 1180. The van der Waals surface area contributed by atoms with Crippen LogP contribution in [0.25, 0.3) is 0 Å². The van der Waals surface area contributed by atoms with Crippen LogP contribution in [0.3, 0.4) is 0 Å². The molecule has 1 aliphatic heterocycles. The van der Waals surface area contributed by atoms with Gasteiger partial charge in [0.25, 0.3) is 5.91 Å². The van der Waals surface area contributed by atoms with Crippen LogP contribution in [-0.2, 0) is 38.9 Å². The highest BCUT2D eigenvalue weighted by Crippen LogP contribution is 2.32. The van der Waals surface area contributed by atoms with Crippen LogP contribution in [0, 0.1) is 0 Å². The number of hydrogen-bond donors (Lipinski definition) is 2. The summed E-state index contributed by atoms with van der Waals surface area (Å²) in [6, 6.07) is 12.0. The maximum atomic E-state index is 12.8. The van der Waals surface area contributed by atoms with Gasteiger partial charge in [-0.3, -0.25) is 14.7 Å². The molecular weight excluding hydrogens is 414 g/mol. The van der Waals surface area contributed by atoms with E-state index in [4.69, 9.17) is 10.5 Å². The SMILES string of the molecule is COc1cc2c(cc1CN1CCc3nc(N)c(C(=O)NCc4ccccn4)cc3C1)CCC2. The fourth-order valence-corrected chi connectivity index (χ4v) is 4.84. The van der Waals surface area contributed by atoms with E-state index in [-0.39, 0.29) is 11.7 Å². The molecule has 3 heterocycles. The molecule has 3 N–H and O–H groups in total. The average Bonchev–Trinajstić information content (AvgIpc) is 3.29. The van der Waals surface area contributed by atoms with E-state index in [2.05, 4.69) is 32.3 Å². The van der Waals surface area contributed by atoms with Crippen molar-refractivity contribution < 1.29 is 9.53 Å². The van der Waals surface area contributed by atoms with Crippen molar-refractivity contribution in [3.05, 3.63) is 81.8 Å². The summed E-state index contributed by atoms with van der Waals surface area (Å²) in [6.45, 7) is 2.77. The molecule has 3 aromatic rings. The second-order valence-electron chi connectivity index (χ2n) is 8.78. The summed E-state index contributed by atoms with van der Waals surface area (Å²) < 4.78 is 5.70. The third kappa shape index (κ3) is 4.54. The number of carbonyl (C=O) groups excluding carboxylic acids is 1. The minimum Gasteiger partial charge on any atom is -0.496 e. The van der Waals surface area contributed by atoms with E-state index in [0.717, 1.165) is 61.6 Å². The summed E-state index contributed by atoms with van der Waals surface area (Å²) in [6.07, 6.45) is 6.03. The molecule has 5 rings (SSSR count). The fourth-order valence-electron chi connectivity index (χ4n) is 4.84. The number of nitrogen functional groups attached to an aromatic ring is 1. The molecule has 0 bridgehead atoms. The number of nitrogens with zero attached hydrogens (tertiary/aromatic N) is 3. The number of nitrogens with one attached hydrogen (secondary N) is 1. The molecule has 0 fully saturated rings. The first-order valence-corrected chi connectivity index (χ1v) is 11.5. The van der Waals surface area contributed by atoms with Gasteiger partial charge in [0.05, 0.1) is 24.9 Å². The van der Waals surface area contributed by atoms with Gasteiger partial charge in [0.1, 0.15) is 11.6 Å². The molecule has 0 spiro atoms. The number of nitrogens with two attached hydrogens (primary N) is 1. The molecule has 2 aromatic heterocycles. The molecule has 0 saturated heterocycles. The number of hydrogen-bond acceptors (Lipinski definition) is 6. The second-order valence-corrected chi connectivity index (χ2v) is 8.78. The summed E-state index contributed by atoms with van der Waals surface area (Å²) >= 11 is 0. The maximum absolute atomic E-state index is 12.8. The van der Waals surface area contributed by atoms with Crippen molar-refractivity contribution in [2.45, 2.75) is 45.3 Å². The van der Waals surface area contributed by atoms with Crippen LogP contribution in [0.4, 0.5) is 5.82 Å².